The van der Waals surface area contributed by atoms with Gasteiger partial charge in [0.15, 0.2) is 0 Å². The number of carbonyl (C=O) groups is 2. The average molecular weight is 650 g/mol. The molecule has 16 heteroatoms. The Morgan fingerprint density at radius 2 is 1.89 bits per heavy atom. The first-order chi connectivity index (χ1) is 21.7. The van der Waals surface area contributed by atoms with Crippen molar-refractivity contribution >= 4 is 23.2 Å². The summed E-state index contributed by atoms with van der Waals surface area (Å²) < 4.78 is 83.9. The lowest BCUT2D eigenvalue weighted by molar-refractivity contribution is -0.167. The van der Waals surface area contributed by atoms with Crippen molar-refractivity contribution < 1.29 is 46.1 Å². The van der Waals surface area contributed by atoms with E-state index >= 15 is 8.78 Å². The van der Waals surface area contributed by atoms with Gasteiger partial charge >= 0.3 is 12.1 Å². The van der Waals surface area contributed by atoms with Gasteiger partial charge in [-0.2, -0.15) is 13.2 Å². The number of halogens is 5. The molecule has 1 aromatic carbocycles. The van der Waals surface area contributed by atoms with Crippen LogP contribution < -0.4 is 20.5 Å². The normalized spacial score (nSPS) is 16.0. The molecule has 2 atom stereocenters. The number of nitrogens with one attached hydrogen (secondary N) is 1. The summed E-state index contributed by atoms with van der Waals surface area (Å²) in [7, 11) is 3.01. The zero-order chi connectivity index (χ0) is 33.5. The van der Waals surface area contributed by atoms with Gasteiger partial charge in [0.2, 0.25) is 0 Å². The third-order valence-electron chi connectivity index (χ3n) is 7.87. The van der Waals surface area contributed by atoms with Crippen LogP contribution in [0.2, 0.25) is 0 Å². The number of carboxylic acids is 1. The number of carbonyl (C=O) groups excluding carboxylic acids is 1. The second-order valence-corrected chi connectivity index (χ2v) is 10.6. The molecule has 46 heavy (non-hydrogen) atoms. The van der Waals surface area contributed by atoms with Crippen LogP contribution in [-0.4, -0.2) is 76.1 Å². The number of methoxy groups -OCH3 is 1. The van der Waals surface area contributed by atoms with Gasteiger partial charge in [-0.3, -0.25) is 9.59 Å². The zero-order valence-corrected chi connectivity index (χ0v) is 24.7. The fourth-order valence-corrected chi connectivity index (χ4v) is 5.40. The van der Waals surface area contributed by atoms with Crippen LogP contribution in [0.1, 0.15) is 21.7 Å². The number of aliphatic carboxylic acids is 1. The first-order valence-electron chi connectivity index (χ1n) is 13.9. The highest BCUT2D eigenvalue weighted by Gasteiger charge is 2.46. The van der Waals surface area contributed by atoms with E-state index in [1.165, 1.54) is 34.5 Å². The lowest BCUT2D eigenvalue weighted by Gasteiger charge is -2.38. The van der Waals surface area contributed by atoms with E-state index in [9.17, 15) is 32.7 Å². The highest BCUT2D eigenvalue weighted by Crippen LogP contribution is 2.33. The van der Waals surface area contributed by atoms with E-state index in [0.29, 0.717) is 34.8 Å². The van der Waals surface area contributed by atoms with Gasteiger partial charge in [-0.25, -0.2) is 18.6 Å². The quantitative estimate of drug-likeness (QED) is 0.278. The molecule has 11 nitrogen and oxygen atoms in total. The van der Waals surface area contributed by atoms with Gasteiger partial charge in [-0.1, -0.05) is 0 Å². The number of alkyl halides is 3. The Bertz CT molecular complexity index is 1870. The minimum Gasteiger partial charge on any atom is -0.496 e. The number of imidazole rings is 1. The molecule has 1 saturated heterocycles. The van der Waals surface area contributed by atoms with Crippen LogP contribution in [0, 0.1) is 18.6 Å². The van der Waals surface area contributed by atoms with Crippen molar-refractivity contribution in [1.82, 2.24) is 19.3 Å². The Morgan fingerprint density at radius 1 is 1.20 bits per heavy atom. The van der Waals surface area contributed by atoms with Crippen molar-refractivity contribution in [2.24, 2.45) is 7.05 Å². The monoisotopic (exact) mass is 649 g/mol. The summed E-state index contributed by atoms with van der Waals surface area (Å²) in [5, 5.41) is 12.0. The van der Waals surface area contributed by atoms with Crippen molar-refractivity contribution in [3.05, 3.63) is 81.7 Å². The first-order valence-corrected chi connectivity index (χ1v) is 13.9. The Balaban J connectivity index is 1.43. The van der Waals surface area contributed by atoms with Gasteiger partial charge in [0, 0.05) is 61.1 Å². The third kappa shape index (κ3) is 5.99. The number of hydrogen-bond acceptors (Lipinski definition) is 7. The Labute approximate surface area is 257 Å². The molecule has 1 fully saturated rings. The molecule has 4 heterocycles. The molecule has 2 N–H and O–H groups in total. The minimum absolute atomic E-state index is 0.112. The molecule has 0 aliphatic carbocycles. The zero-order valence-electron chi connectivity index (χ0n) is 24.7. The van der Waals surface area contributed by atoms with E-state index in [2.05, 4.69) is 10.3 Å². The van der Waals surface area contributed by atoms with Crippen LogP contribution in [-0.2, 0) is 23.0 Å². The summed E-state index contributed by atoms with van der Waals surface area (Å²) >= 11 is 0. The van der Waals surface area contributed by atoms with Crippen molar-refractivity contribution in [1.29, 1.82) is 0 Å². The Hall–Kier alpha value is -4.99. The minimum atomic E-state index is -4.75. The standard InChI is InChI=1S/C30H28F5N5O6/c1-15-10-22(45-3)24(28(42)38(15)2)18-5-4-16(40-7-6-36-26(18)40)13-21(29(43)44)37-27(41)25-19(31)11-17(12-20(25)32)39-8-9-46-14-23(39)30(33,34)35/h4-7,10-12,21,23H,8-9,13-14H2,1-3H3,(H,37,41)(H,43,44)/t21?,23-/m1/s1. The highest BCUT2D eigenvalue weighted by atomic mass is 19.4. The van der Waals surface area contributed by atoms with Gasteiger partial charge < -0.3 is 33.8 Å². The second kappa shape index (κ2) is 12.4. The Kier molecular flexibility index (Phi) is 8.75. The molecule has 1 unspecified atom stereocenters. The number of fused-ring (bicyclic) bond motifs is 1. The number of aromatic nitrogens is 3. The van der Waals surface area contributed by atoms with Gasteiger partial charge in [0.05, 0.1) is 25.9 Å². The van der Waals surface area contributed by atoms with Gasteiger partial charge in [0.25, 0.3) is 11.5 Å². The number of benzene rings is 1. The van der Waals surface area contributed by atoms with Gasteiger partial charge in [-0.05, 0) is 31.2 Å². The number of pyridine rings is 2. The molecule has 0 radical (unpaired) electrons. The predicted molar refractivity (Wildman–Crippen MR) is 154 cm³/mol. The fraction of sp³-hybridized carbons (Fsp3) is 0.333. The molecule has 244 valence electrons. The molecule has 4 aromatic rings. The molecule has 0 saturated carbocycles. The van der Waals surface area contributed by atoms with Crippen LogP contribution >= 0.6 is 0 Å². The maximum atomic E-state index is 15.1. The van der Waals surface area contributed by atoms with Gasteiger partial charge in [0.1, 0.15) is 40.7 Å². The maximum Gasteiger partial charge on any atom is 0.411 e. The molecule has 0 spiro atoms. The molecule has 1 amide bonds. The van der Waals surface area contributed by atoms with Crippen LogP contribution in [0.3, 0.4) is 0 Å². The average Bonchev–Trinajstić information content (AvgIpc) is 3.50. The number of carboxylic acid groups (broad SMARTS) is 1. The topological polar surface area (TPSA) is 127 Å². The highest BCUT2D eigenvalue weighted by molar-refractivity contribution is 5.97. The number of amides is 1. The Morgan fingerprint density at radius 3 is 2.52 bits per heavy atom. The van der Waals surface area contributed by atoms with Crippen molar-refractivity contribution in [2.45, 2.75) is 31.6 Å². The molecular formula is C30H28F5N5O6. The number of anilines is 1. The van der Waals surface area contributed by atoms with Crippen LogP contribution in [0.25, 0.3) is 16.8 Å². The van der Waals surface area contributed by atoms with E-state index in [1.54, 1.807) is 26.1 Å². The summed E-state index contributed by atoms with van der Waals surface area (Å²) in [6.45, 7) is 0.582. The summed E-state index contributed by atoms with van der Waals surface area (Å²) in [6.07, 6.45) is -2.19. The van der Waals surface area contributed by atoms with Crippen LogP contribution in [0.5, 0.6) is 5.75 Å². The molecular weight excluding hydrogens is 621 g/mol. The van der Waals surface area contributed by atoms with Gasteiger partial charge in [-0.15, -0.1) is 0 Å². The molecule has 5 rings (SSSR count). The maximum absolute atomic E-state index is 15.1. The van der Waals surface area contributed by atoms with Crippen LogP contribution in [0.4, 0.5) is 27.6 Å². The molecule has 1 aliphatic heterocycles. The predicted octanol–water partition coefficient (Wildman–Crippen LogP) is 3.49. The molecule has 1 aliphatic rings. The van der Waals surface area contributed by atoms with E-state index in [-0.39, 0.29) is 36.3 Å². The molecule has 3 aromatic heterocycles. The summed E-state index contributed by atoms with van der Waals surface area (Å²) in [6, 6.07) is 2.08. The fourth-order valence-electron chi connectivity index (χ4n) is 5.40. The van der Waals surface area contributed by atoms with Crippen molar-refractivity contribution in [3.63, 3.8) is 0 Å². The van der Waals surface area contributed by atoms with E-state index < -0.39 is 59.6 Å². The van der Waals surface area contributed by atoms with Crippen molar-refractivity contribution in [3.8, 4) is 16.9 Å². The summed E-state index contributed by atoms with van der Waals surface area (Å²) in [5.41, 5.74) is -0.118. The summed E-state index contributed by atoms with van der Waals surface area (Å²) in [5.74, 6) is -5.60. The lowest BCUT2D eigenvalue weighted by atomic mass is 10.0. The number of hydrogen-bond donors (Lipinski definition) is 2. The number of rotatable bonds is 8. The number of ether oxygens (including phenoxy) is 2. The lowest BCUT2D eigenvalue weighted by Crippen LogP contribution is -2.53. The van der Waals surface area contributed by atoms with E-state index in [1.807, 2.05) is 0 Å². The second-order valence-electron chi connectivity index (χ2n) is 10.6. The number of aryl methyl sites for hydroxylation is 1. The number of nitrogens with zero attached hydrogens (tertiary/aromatic N) is 4. The smallest absolute Gasteiger partial charge is 0.411 e. The van der Waals surface area contributed by atoms with E-state index in [4.69, 9.17) is 9.47 Å². The van der Waals surface area contributed by atoms with E-state index in [0.717, 1.165) is 4.90 Å². The summed E-state index contributed by atoms with van der Waals surface area (Å²) in [4.78, 5) is 43.4. The van der Waals surface area contributed by atoms with Crippen LogP contribution in [0.15, 0.2) is 47.5 Å². The third-order valence-corrected chi connectivity index (χ3v) is 7.87. The SMILES string of the molecule is COc1cc(C)n(C)c(=O)c1-c1ccc(CC(NC(=O)c2c(F)cc(N3CCOC[C@@H]3C(F)(F)F)cc2F)C(=O)O)n2ccnc12. The number of morpholine rings is 1. The largest absolute Gasteiger partial charge is 0.496 e. The van der Waals surface area contributed by atoms with Crippen molar-refractivity contribution in [2.75, 3.05) is 31.8 Å². The first kappa shape index (κ1) is 32.4. The molecule has 0 bridgehead atoms.